The van der Waals surface area contributed by atoms with Crippen molar-refractivity contribution >= 4 is 0 Å². The number of nitrogens with one attached hydrogen (secondary N) is 1. The van der Waals surface area contributed by atoms with Gasteiger partial charge in [0, 0.05) is 0 Å². The Labute approximate surface area is 108 Å². The third-order valence-corrected chi connectivity index (χ3v) is 3.82. The van der Waals surface area contributed by atoms with Crippen LogP contribution in [0.1, 0.15) is 37.2 Å². The van der Waals surface area contributed by atoms with E-state index in [2.05, 4.69) is 23.5 Å². The summed E-state index contributed by atoms with van der Waals surface area (Å²) in [6, 6.07) is 6.43. The van der Waals surface area contributed by atoms with E-state index in [0.29, 0.717) is 12.0 Å². The fourth-order valence-electron chi connectivity index (χ4n) is 2.56. The lowest BCUT2D eigenvalue weighted by Gasteiger charge is -2.24. The molecule has 0 bridgehead atoms. The predicted octanol–water partition coefficient (Wildman–Crippen LogP) is 2.70. The Bertz CT molecular complexity index is 409. The van der Waals surface area contributed by atoms with Gasteiger partial charge in [-0.2, -0.15) is 0 Å². The number of ether oxygens (including phenoxy) is 2. The largest absolute Gasteiger partial charge is 0.493 e. The normalized spacial score (nSPS) is 20.7. The van der Waals surface area contributed by atoms with Gasteiger partial charge < -0.3 is 14.8 Å². The topological polar surface area (TPSA) is 30.5 Å². The smallest absolute Gasteiger partial charge is 0.161 e. The van der Waals surface area contributed by atoms with Gasteiger partial charge in [0.1, 0.15) is 0 Å². The van der Waals surface area contributed by atoms with Crippen molar-refractivity contribution in [2.24, 2.45) is 0 Å². The third kappa shape index (κ3) is 2.61. The molecule has 3 heteroatoms. The number of hydrogen-bond donors (Lipinski definition) is 1. The molecule has 1 saturated carbocycles. The molecule has 0 amide bonds. The summed E-state index contributed by atoms with van der Waals surface area (Å²) in [6.07, 6.45) is 5.22. The molecule has 0 radical (unpaired) electrons. The van der Waals surface area contributed by atoms with Crippen LogP contribution in [0, 0.1) is 0 Å². The molecule has 98 valence electrons. The summed E-state index contributed by atoms with van der Waals surface area (Å²) in [6.45, 7) is 2.24. The molecule has 0 spiro atoms. The van der Waals surface area contributed by atoms with Gasteiger partial charge in [-0.05, 0) is 62.4 Å². The van der Waals surface area contributed by atoms with Gasteiger partial charge in [-0.25, -0.2) is 0 Å². The van der Waals surface area contributed by atoms with Crippen molar-refractivity contribution < 1.29 is 9.47 Å². The number of methoxy groups -OCH3 is 1. The van der Waals surface area contributed by atoms with Crippen LogP contribution in [0.25, 0.3) is 0 Å². The molecule has 1 aliphatic heterocycles. The second kappa shape index (κ2) is 5.19. The van der Waals surface area contributed by atoms with Gasteiger partial charge in [0.25, 0.3) is 0 Å². The highest BCUT2D eigenvalue weighted by molar-refractivity contribution is 5.44. The Morgan fingerprint density at radius 1 is 1.06 bits per heavy atom. The summed E-state index contributed by atoms with van der Waals surface area (Å²) in [4.78, 5) is 0. The first-order valence-corrected chi connectivity index (χ1v) is 6.92. The van der Waals surface area contributed by atoms with Crippen molar-refractivity contribution in [2.75, 3.05) is 20.2 Å². The third-order valence-electron chi connectivity index (χ3n) is 3.82. The molecule has 1 N–H and O–H groups in total. The summed E-state index contributed by atoms with van der Waals surface area (Å²) in [5, 5.41) is 3.41. The van der Waals surface area contributed by atoms with E-state index in [1.807, 2.05) is 0 Å². The molecule has 2 fully saturated rings. The lowest BCUT2D eigenvalue weighted by Crippen LogP contribution is -2.26. The zero-order valence-corrected chi connectivity index (χ0v) is 10.9. The number of hydrogen-bond acceptors (Lipinski definition) is 3. The summed E-state index contributed by atoms with van der Waals surface area (Å²) in [5.41, 5.74) is 1.40. The summed E-state index contributed by atoms with van der Waals surface area (Å²) in [5.74, 6) is 2.45. The van der Waals surface area contributed by atoms with E-state index in [0.717, 1.165) is 24.6 Å². The molecule has 1 aromatic carbocycles. The average Bonchev–Trinajstić information content (AvgIpc) is 3.24. The van der Waals surface area contributed by atoms with E-state index >= 15 is 0 Å². The molecule has 0 atom stereocenters. The van der Waals surface area contributed by atoms with Crippen LogP contribution in [0.3, 0.4) is 0 Å². The fraction of sp³-hybridized carbons (Fsp3) is 0.600. The molecule has 1 heterocycles. The molecular weight excluding hydrogens is 226 g/mol. The van der Waals surface area contributed by atoms with E-state index < -0.39 is 0 Å². The van der Waals surface area contributed by atoms with E-state index in [1.54, 1.807) is 7.11 Å². The maximum atomic E-state index is 5.94. The van der Waals surface area contributed by atoms with Crippen molar-refractivity contribution in [3.05, 3.63) is 23.8 Å². The Morgan fingerprint density at radius 2 is 1.83 bits per heavy atom. The first kappa shape index (κ1) is 11.8. The number of rotatable bonds is 4. The quantitative estimate of drug-likeness (QED) is 0.887. The standard InChI is InChI=1S/C15H21NO2/c1-17-14-5-2-12(11-6-8-16-9-7-11)10-15(14)18-13-3-4-13/h2,5,10-11,13,16H,3-4,6-9H2,1H3. The summed E-state index contributed by atoms with van der Waals surface area (Å²) in [7, 11) is 1.71. The van der Waals surface area contributed by atoms with Gasteiger partial charge in [0.2, 0.25) is 0 Å². The van der Waals surface area contributed by atoms with Crippen molar-refractivity contribution in [2.45, 2.75) is 37.7 Å². The van der Waals surface area contributed by atoms with Gasteiger partial charge in [-0.1, -0.05) is 6.07 Å². The van der Waals surface area contributed by atoms with Crippen LogP contribution in [0.4, 0.5) is 0 Å². The number of benzene rings is 1. The van der Waals surface area contributed by atoms with Crippen molar-refractivity contribution in [3.8, 4) is 11.5 Å². The average molecular weight is 247 g/mol. The molecule has 1 aromatic rings. The highest BCUT2D eigenvalue weighted by atomic mass is 16.5. The monoisotopic (exact) mass is 247 g/mol. The second-order valence-electron chi connectivity index (χ2n) is 5.25. The predicted molar refractivity (Wildman–Crippen MR) is 71.5 cm³/mol. The van der Waals surface area contributed by atoms with Crippen LogP contribution in [-0.2, 0) is 0 Å². The number of piperidine rings is 1. The Morgan fingerprint density at radius 3 is 2.50 bits per heavy atom. The second-order valence-corrected chi connectivity index (χ2v) is 5.25. The minimum Gasteiger partial charge on any atom is -0.493 e. The highest BCUT2D eigenvalue weighted by Crippen LogP contribution is 2.37. The summed E-state index contributed by atoms with van der Waals surface area (Å²) >= 11 is 0. The van der Waals surface area contributed by atoms with Crippen molar-refractivity contribution in [1.82, 2.24) is 5.32 Å². The van der Waals surface area contributed by atoms with Crippen LogP contribution in [0.5, 0.6) is 11.5 Å². The highest BCUT2D eigenvalue weighted by Gasteiger charge is 2.25. The molecule has 2 aliphatic rings. The summed E-state index contributed by atoms with van der Waals surface area (Å²) < 4.78 is 11.3. The minimum absolute atomic E-state index is 0.419. The molecule has 0 aromatic heterocycles. The van der Waals surface area contributed by atoms with Crippen LogP contribution in [0.15, 0.2) is 18.2 Å². The maximum absolute atomic E-state index is 5.94. The molecule has 3 rings (SSSR count). The van der Waals surface area contributed by atoms with Gasteiger partial charge in [-0.15, -0.1) is 0 Å². The fourth-order valence-corrected chi connectivity index (χ4v) is 2.56. The molecule has 1 saturated heterocycles. The Hall–Kier alpha value is -1.22. The van der Waals surface area contributed by atoms with Gasteiger partial charge >= 0.3 is 0 Å². The molecule has 3 nitrogen and oxygen atoms in total. The zero-order chi connectivity index (χ0) is 12.4. The van der Waals surface area contributed by atoms with Crippen LogP contribution in [0.2, 0.25) is 0 Å². The van der Waals surface area contributed by atoms with Crippen LogP contribution < -0.4 is 14.8 Å². The molecular formula is C15H21NO2. The molecule has 1 aliphatic carbocycles. The minimum atomic E-state index is 0.419. The Balaban J connectivity index is 1.80. The first-order chi connectivity index (χ1) is 8.86. The van der Waals surface area contributed by atoms with E-state index in [9.17, 15) is 0 Å². The lowest BCUT2D eigenvalue weighted by molar-refractivity contribution is 0.281. The molecule has 0 unspecified atom stereocenters. The zero-order valence-electron chi connectivity index (χ0n) is 10.9. The first-order valence-electron chi connectivity index (χ1n) is 6.92. The van der Waals surface area contributed by atoms with Crippen molar-refractivity contribution in [3.63, 3.8) is 0 Å². The van der Waals surface area contributed by atoms with Gasteiger partial charge in [0.05, 0.1) is 13.2 Å². The van der Waals surface area contributed by atoms with Crippen molar-refractivity contribution in [1.29, 1.82) is 0 Å². The van der Waals surface area contributed by atoms with Gasteiger partial charge in [0.15, 0.2) is 11.5 Å². The van der Waals surface area contributed by atoms with Crippen LogP contribution in [-0.4, -0.2) is 26.3 Å². The van der Waals surface area contributed by atoms with Crippen LogP contribution >= 0.6 is 0 Å². The Kier molecular flexibility index (Phi) is 3.41. The van der Waals surface area contributed by atoms with E-state index in [-0.39, 0.29) is 0 Å². The SMILES string of the molecule is COc1ccc(C2CCNCC2)cc1OC1CC1. The van der Waals surface area contributed by atoms with E-state index in [4.69, 9.17) is 9.47 Å². The van der Waals surface area contributed by atoms with E-state index in [1.165, 1.54) is 31.2 Å². The maximum Gasteiger partial charge on any atom is 0.161 e. The van der Waals surface area contributed by atoms with Gasteiger partial charge in [-0.3, -0.25) is 0 Å². The molecule has 18 heavy (non-hydrogen) atoms. The lowest BCUT2D eigenvalue weighted by atomic mass is 9.90.